The molecule has 5 nitrogen and oxygen atoms in total. The van der Waals surface area contributed by atoms with Crippen molar-refractivity contribution in [3.8, 4) is 5.75 Å². The van der Waals surface area contributed by atoms with E-state index in [0.29, 0.717) is 30.1 Å². The summed E-state index contributed by atoms with van der Waals surface area (Å²) in [5.41, 5.74) is 2.02. The zero-order chi connectivity index (χ0) is 18.5. The SMILES string of the molecule is CCCCC(=O)Nc1ccc2c(c1)N(Cc1ccc(F)cc1)C(=O)CO2. The Balaban J connectivity index is 1.82. The van der Waals surface area contributed by atoms with Crippen LogP contribution in [-0.4, -0.2) is 18.4 Å². The zero-order valence-corrected chi connectivity index (χ0v) is 14.6. The molecule has 0 saturated heterocycles. The third kappa shape index (κ3) is 4.20. The first-order chi connectivity index (χ1) is 12.6. The molecule has 0 atom stereocenters. The highest BCUT2D eigenvalue weighted by Crippen LogP contribution is 2.35. The van der Waals surface area contributed by atoms with Crippen LogP contribution in [0.15, 0.2) is 42.5 Å². The van der Waals surface area contributed by atoms with Gasteiger partial charge in [-0.1, -0.05) is 25.5 Å². The van der Waals surface area contributed by atoms with Crippen molar-refractivity contribution in [2.75, 3.05) is 16.8 Å². The van der Waals surface area contributed by atoms with E-state index in [2.05, 4.69) is 5.32 Å². The molecule has 2 aromatic rings. The van der Waals surface area contributed by atoms with E-state index >= 15 is 0 Å². The number of carbonyl (C=O) groups excluding carboxylic acids is 2. The van der Waals surface area contributed by atoms with Crippen LogP contribution in [0, 0.1) is 5.82 Å². The number of unbranched alkanes of at least 4 members (excludes halogenated alkanes) is 1. The zero-order valence-electron chi connectivity index (χ0n) is 14.6. The number of hydrogen-bond donors (Lipinski definition) is 1. The number of nitrogens with one attached hydrogen (secondary N) is 1. The van der Waals surface area contributed by atoms with Gasteiger partial charge in [-0.15, -0.1) is 0 Å². The van der Waals surface area contributed by atoms with Gasteiger partial charge in [0.05, 0.1) is 12.2 Å². The Morgan fingerprint density at radius 1 is 1.23 bits per heavy atom. The second kappa shape index (κ2) is 7.99. The number of ether oxygens (including phenoxy) is 1. The Hall–Kier alpha value is -2.89. The fourth-order valence-electron chi connectivity index (χ4n) is 2.79. The second-order valence-corrected chi connectivity index (χ2v) is 6.23. The lowest BCUT2D eigenvalue weighted by Crippen LogP contribution is -2.38. The summed E-state index contributed by atoms with van der Waals surface area (Å²) < 4.78 is 18.6. The molecule has 0 radical (unpaired) electrons. The number of benzene rings is 2. The monoisotopic (exact) mass is 356 g/mol. The van der Waals surface area contributed by atoms with E-state index in [9.17, 15) is 14.0 Å². The summed E-state index contributed by atoms with van der Waals surface area (Å²) in [6, 6.07) is 11.3. The van der Waals surface area contributed by atoms with Gasteiger partial charge >= 0.3 is 0 Å². The average Bonchev–Trinajstić information content (AvgIpc) is 2.64. The molecule has 0 fully saturated rings. The van der Waals surface area contributed by atoms with Crippen LogP contribution in [0.1, 0.15) is 31.7 Å². The lowest BCUT2D eigenvalue weighted by Gasteiger charge is -2.30. The van der Waals surface area contributed by atoms with Crippen LogP contribution in [0.25, 0.3) is 0 Å². The Morgan fingerprint density at radius 3 is 2.73 bits per heavy atom. The number of hydrogen-bond acceptors (Lipinski definition) is 3. The summed E-state index contributed by atoms with van der Waals surface area (Å²) in [6.45, 7) is 2.29. The Labute approximate surface area is 151 Å². The molecule has 0 bridgehead atoms. The lowest BCUT2D eigenvalue weighted by molar-refractivity contribution is -0.121. The summed E-state index contributed by atoms with van der Waals surface area (Å²) >= 11 is 0. The first-order valence-corrected chi connectivity index (χ1v) is 8.68. The van der Waals surface area contributed by atoms with Gasteiger partial charge in [-0.05, 0) is 42.3 Å². The highest BCUT2D eigenvalue weighted by atomic mass is 19.1. The Morgan fingerprint density at radius 2 is 2.00 bits per heavy atom. The predicted molar refractivity (Wildman–Crippen MR) is 97.7 cm³/mol. The number of amides is 2. The van der Waals surface area contributed by atoms with Crippen molar-refractivity contribution in [1.29, 1.82) is 0 Å². The van der Waals surface area contributed by atoms with Crippen molar-refractivity contribution >= 4 is 23.2 Å². The Kier molecular flexibility index (Phi) is 5.51. The van der Waals surface area contributed by atoms with Gasteiger partial charge in [-0.2, -0.15) is 0 Å². The van der Waals surface area contributed by atoms with Crippen LogP contribution in [0.3, 0.4) is 0 Å². The second-order valence-electron chi connectivity index (χ2n) is 6.23. The number of nitrogens with zero attached hydrogens (tertiary/aromatic N) is 1. The summed E-state index contributed by atoms with van der Waals surface area (Å²) in [7, 11) is 0. The topological polar surface area (TPSA) is 58.6 Å². The van der Waals surface area contributed by atoms with Crippen LogP contribution in [0.2, 0.25) is 0 Å². The minimum absolute atomic E-state index is 0.0452. The van der Waals surface area contributed by atoms with Crippen LogP contribution >= 0.6 is 0 Å². The first kappa shape index (κ1) is 17.9. The summed E-state index contributed by atoms with van der Waals surface area (Å²) in [5, 5.41) is 2.85. The molecule has 2 aromatic carbocycles. The van der Waals surface area contributed by atoms with Crippen molar-refractivity contribution in [2.45, 2.75) is 32.7 Å². The molecule has 0 saturated carbocycles. The average molecular weight is 356 g/mol. The molecule has 3 rings (SSSR count). The fraction of sp³-hybridized carbons (Fsp3) is 0.300. The molecule has 1 heterocycles. The molecule has 1 aliphatic heterocycles. The van der Waals surface area contributed by atoms with Gasteiger partial charge in [0, 0.05) is 12.1 Å². The fourth-order valence-corrected chi connectivity index (χ4v) is 2.79. The molecule has 2 amide bonds. The summed E-state index contributed by atoms with van der Waals surface area (Å²) in [6.07, 6.45) is 2.24. The van der Waals surface area contributed by atoms with Crippen molar-refractivity contribution in [3.63, 3.8) is 0 Å². The first-order valence-electron chi connectivity index (χ1n) is 8.68. The molecule has 0 unspecified atom stereocenters. The smallest absolute Gasteiger partial charge is 0.265 e. The predicted octanol–water partition coefficient (Wildman–Crippen LogP) is 3.88. The normalized spacial score (nSPS) is 13.2. The van der Waals surface area contributed by atoms with Gasteiger partial charge in [0.2, 0.25) is 5.91 Å². The summed E-state index contributed by atoms with van der Waals surface area (Å²) in [5.74, 6) is 0.0222. The van der Waals surface area contributed by atoms with E-state index in [-0.39, 0.29) is 24.2 Å². The summed E-state index contributed by atoms with van der Waals surface area (Å²) in [4.78, 5) is 25.9. The van der Waals surface area contributed by atoms with Gasteiger partial charge in [0.1, 0.15) is 11.6 Å². The number of rotatable bonds is 6. The minimum atomic E-state index is -0.320. The van der Waals surface area contributed by atoms with E-state index in [1.807, 2.05) is 6.92 Å². The maximum atomic E-state index is 13.1. The third-order valence-corrected chi connectivity index (χ3v) is 4.20. The number of carbonyl (C=O) groups is 2. The van der Waals surface area contributed by atoms with E-state index in [1.54, 1.807) is 35.2 Å². The molecule has 26 heavy (non-hydrogen) atoms. The highest BCUT2D eigenvalue weighted by molar-refractivity contribution is 5.99. The van der Waals surface area contributed by atoms with Gasteiger partial charge in [-0.3, -0.25) is 9.59 Å². The molecule has 6 heteroatoms. The van der Waals surface area contributed by atoms with Gasteiger partial charge in [0.15, 0.2) is 6.61 Å². The third-order valence-electron chi connectivity index (χ3n) is 4.20. The van der Waals surface area contributed by atoms with E-state index in [1.165, 1.54) is 12.1 Å². The van der Waals surface area contributed by atoms with Crippen molar-refractivity contribution in [2.24, 2.45) is 0 Å². The maximum absolute atomic E-state index is 13.1. The van der Waals surface area contributed by atoms with Crippen molar-refractivity contribution in [3.05, 3.63) is 53.8 Å². The maximum Gasteiger partial charge on any atom is 0.265 e. The largest absolute Gasteiger partial charge is 0.482 e. The van der Waals surface area contributed by atoms with Crippen LogP contribution < -0.4 is 15.0 Å². The highest BCUT2D eigenvalue weighted by Gasteiger charge is 2.26. The molecule has 0 aliphatic carbocycles. The quantitative estimate of drug-likeness (QED) is 0.854. The van der Waals surface area contributed by atoms with Gasteiger partial charge in [-0.25, -0.2) is 4.39 Å². The molecule has 0 spiro atoms. The number of fused-ring (bicyclic) bond motifs is 1. The number of anilines is 2. The van der Waals surface area contributed by atoms with Gasteiger partial charge in [0.25, 0.3) is 5.91 Å². The minimum Gasteiger partial charge on any atom is -0.482 e. The van der Waals surface area contributed by atoms with E-state index in [0.717, 1.165) is 18.4 Å². The van der Waals surface area contributed by atoms with Crippen LogP contribution in [0.4, 0.5) is 15.8 Å². The molecular formula is C20H21FN2O3. The van der Waals surface area contributed by atoms with Crippen LogP contribution in [0.5, 0.6) is 5.75 Å². The molecule has 136 valence electrons. The standard InChI is InChI=1S/C20H21FN2O3/c1-2-3-4-19(24)22-16-9-10-18-17(11-16)23(20(25)13-26-18)12-14-5-7-15(21)8-6-14/h5-11H,2-4,12-13H2,1H3,(H,22,24). The van der Waals surface area contributed by atoms with E-state index < -0.39 is 0 Å². The lowest BCUT2D eigenvalue weighted by atomic mass is 10.1. The number of halogens is 1. The molecule has 0 aromatic heterocycles. The van der Waals surface area contributed by atoms with Crippen molar-refractivity contribution < 1.29 is 18.7 Å². The molecular weight excluding hydrogens is 335 g/mol. The molecule has 1 N–H and O–H groups in total. The van der Waals surface area contributed by atoms with Gasteiger partial charge < -0.3 is 15.0 Å². The molecule has 1 aliphatic rings. The Bertz CT molecular complexity index is 805. The van der Waals surface area contributed by atoms with Crippen LogP contribution in [-0.2, 0) is 16.1 Å². The van der Waals surface area contributed by atoms with Crippen molar-refractivity contribution in [1.82, 2.24) is 0 Å². The van der Waals surface area contributed by atoms with E-state index in [4.69, 9.17) is 4.74 Å².